The number of aryl methyl sites for hydroxylation is 1. The van der Waals surface area contributed by atoms with Crippen LogP contribution >= 0.6 is 11.8 Å². The van der Waals surface area contributed by atoms with Crippen LogP contribution in [-0.4, -0.2) is 21.6 Å². The number of alkyl halides is 3. The van der Waals surface area contributed by atoms with Crippen molar-refractivity contribution in [3.63, 3.8) is 0 Å². The van der Waals surface area contributed by atoms with Gasteiger partial charge in [-0.25, -0.2) is 4.98 Å². The van der Waals surface area contributed by atoms with Gasteiger partial charge in [0.2, 0.25) is 0 Å². The molecule has 1 heterocycles. The normalized spacial score (nSPS) is 18.6. The summed E-state index contributed by atoms with van der Waals surface area (Å²) in [6, 6.07) is 10.0. The number of benzene rings is 1. The highest BCUT2D eigenvalue weighted by atomic mass is 32.2. The van der Waals surface area contributed by atoms with Crippen molar-refractivity contribution in [3.05, 3.63) is 65.0 Å². The van der Waals surface area contributed by atoms with E-state index in [2.05, 4.69) is 4.98 Å². The van der Waals surface area contributed by atoms with Crippen LogP contribution in [0.5, 0.6) is 0 Å². The zero-order chi connectivity index (χ0) is 21.9. The summed E-state index contributed by atoms with van der Waals surface area (Å²) >= 11 is 1.36. The van der Waals surface area contributed by atoms with Gasteiger partial charge in [-0.3, -0.25) is 4.79 Å². The molecule has 0 saturated heterocycles. The molecule has 160 valence electrons. The van der Waals surface area contributed by atoms with Crippen LogP contribution in [0.1, 0.15) is 43.4 Å². The number of halogens is 3. The van der Waals surface area contributed by atoms with Crippen LogP contribution < -0.4 is 0 Å². The Labute approximate surface area is 178 Å². The predicted octanol–water partition coefficient (Wildman–Crippen LogP) is 6.34. The lowest BCUT2D eigenvalue weighted by Crippen LogP contribution is -2.25. The topological polar surface area (TPSA) is 50.2 Å². The number of Topliss-reactive ketones (excluding diaryl/α,β-unsaturated/α-hetero) is 1. The first-order chi connectivity index (χ1) is 14.2. The number of carbonyl (C=O) groups is 1. The first-order valence-corrected chi connectivity index (χ1v) is 10.9. The van der Waals surface area contributed by atoms with Crippen molar-refractivity contribution in [3.8, 4) is 0 Å². The van der Waals surface area contributed by atoms with Crippen LogP contribution in [0.3, 0.4) is 0 Å². The van der Waals surface area contributed by atoms with Crippen molar-refractivity contribution >= 4 is 23.1 Å². The van der Waals surface area contributed by atoms with Crippen LogP contribution in [0.25, 0.3) is 5.57 Å². The van der Waals surface area contributed by atoms with E-state index in [-0.39, 0.29) is 23.4 Å². The summed E-state index contributed by atoms with van der Waals surface area (Å²) in [6.07, 6.45) is -2.02. The predicted molar refractivity (Wildman–Crippen MR) is 112 cm³/mol. The Bertz CT molecular complexity index is 938. The Morgan fingerprint density at radius 1 is 1.20 bits per heavy atom. The maximum atomic E-state index is 12.9. The number of pyridine rings is 1. The molecular formula is C23H24F3NO2S. The third-order valence-corrected chi connectivity index (χ3v) is 6.73. The van der Waals surface area contributed by atoms with Gasteiger partial charge in [0.1, 0.15) is 5.76 Å². The quantitative estimate of drug-likeness (QED) is 0.538. The highest BCUT2D eigenvalue weighted by Gasteiger charge is 2.33. The van der Waals surface area contributed by atoms with Crippen molar-refractivity contribution < 1.29 is 23.1 Å². The number of nitrogens with zero attached hydrogens (tertiary/aromatic N) is 1. The lowest BCUT2D eigenvalue weighted by atomic mass is 9.78. The van der Waals surface area contributed by atoms with Gasteiger partial charge in [-0.15, -0.1) is 11.8 Å². The second kappa shape index (κ2) is 9.25. The van der Waals surface area contributed by atoms with Crippen molar-refractivity contribution in [2.75, 3.05) is 5.75 Å². The molecule has 0 radical (unpaired) electrons. The van der Waals surface area contributed by atoms with E-state index < -0.39 is 11.7 Å². The van der Waals surface area contributed by atoms with E-state index >= 15 is 0 Å². The first-order valence-electron chi connectivity index (χ1n) is 9.90. The highest BCUT2D eigenvalue weighted by molar-refractivity contribution is 7.99. The number of rotatable bonds is 6. The van der Waals surface area contributed by atoms with Gasteiger partial charge < -0.3 is 5.11 Å². The SMILES string of the molecule is CCc1ccccc1C1=C(O)CC(C(C)CSc2ccc(C(F)(F)F)cn2)CC1=O. The molecule has 1 aromatic heterocycles. The summed E-state index contributed by atoms with van der Waals surface area (Å²) in [6.45, 7) is 4.01. The molecule has 1 N–H and O–H groups in total. The maximum Gasteiger partial charge on any atom is 0.417 e. The highest BCUT2D eigenvalue weighted by Crippen LogP contribution is 2.38. The lowest BCUT2D eigenvalue weighted by Gasteiger charge is -2.28. The number of ketones is 1. The second-order valence-electron chi connectivity index (χ2n) is 7.60. The van der Waals surface area contributed by atoms with E-state index in [0.717, 1.165) is 29.8 Å². The van der Waals surface area contributed by atoms with Crippen LogP contribution in [0, 0.1) is 11.8 Å². The number of hydrogen-bond acceptors (Lipinski definition) is 4. The zero-order valence-electron chi connectivity index (χ0n) is 16.9. The fraction of sp³-hybridized carbons (Fsp3) is 0.391. The molecule has 0 bridgehead atoms. The van der Waals surface area contributed by atoms with Gasteiger partial charge in [0.15, 0.2) is 5.78 Å². The third-order valence-electron chi connectivity index (χ3n) is 5.50. The lowest BCUT2D eigenvalue weighted by molar-refractivity contribution is -0.137. The molecule has 0 amide bonds. The number of aromatic nitrogens is 1. The van der Waals surface area contributed by atoms with E-state index in [1.807, 2.05) is 38.1 Å². The number of thioether (sulfide) groups is 1. The molecule has 2 atom stereocenters. The van der Waals surface area contributed by atoms with Gasteiger partial charge in [0, 0.05) is 24.8 Å². The molecule has 0 fully saturated rings. The minimum atomic E-state index is -4.40. The Morgan fingerprint density at radius 2 is 1.93 bits per heavy atom. The molecule has 0 aliphatic heterocycles. The van der Waals surface area contributed by atoms with E-state index in [4.69, 9.17) is 0 Å². The number of hydrogen-bond donors (Lipinski definition) is 1. The molecule has 0 spiro atoms. The zero-order valence-corrected chi connectivity index (χ0v) is 17.7. The minimum Gasteiger partial charge on any atom is -0.512 e. The first kappa shape index (κ1) is 22.4. The van der Waals surface area contributed by atoms with E-state index in [9.17, 15) is 23.1 Å². The van der Waals surface area contributed by atoms with Crippen LogP contribution in [0.4, 0.5) is 13.2 Å². The van der Waals surface area contributed by atoms with Crippen molar-refractivity contribution in [1.82, 2.24) is 4.98 Å². The number of aliphatic hydroxyl groups is 1. The van der Waals surface area contributed by atoms with Crippen LogP contribution in [-0.2, 0) is 17.4 Å². The third kappa shape index (κ3) is 5.06. The summed E-state index contributed by atoms with van der Waals surface area (Å²) in [5, 5.41) is 11.2. The molecule has 1 aliphatic carbocycles. The summed E-state index contributed by atoms with van der Waals surface area (Å²) in [5.41, 5.74) is 1.49. The molecule has 7 heteroatoms. The van der Waals surface area contributed by atoms with Crippen LogP contribution in [0.2, 0.25) is 0 Å². The average Bonchev–Trinajstić information content (AvgIpc) is 2.71. The molecule has 3 rings (SSSR count). The maximum absolute atomic E-state index is 12.9. The minimum absolute atomic E-state index is 0.0167. The molecule has 2 aromatic rings. The Hall–Kier alpha value is -2.28. The molecule has 1 aromatic carbocycles. The Kier molecular flexibility index (Phi) is 6.91. The smallest absolute Gasteiger partial charge is 0.417 e. The van der Waals surface area contributed by atoms with Crippen molar-refractivity contribution in [2.45, 2.75) is 44.3 Å². The summed E-state index contributed by atoms with van der Waals surface area (Å²) in [4.78, 5) is 16.7. The number of carbonyl (C=O) groups excluding carboxylic acids is 1. The largest absolute Gasteiger partial charge is 0.512 e. The van der Waals surface area contributed by atoms with E-state index in [1.54, 1.807) is 0 Å². The molecule has 0 saturated carbocycles. The standard InChI is InChI=1S/C23H24F3NO2S/c1-3-15-6-4-5-7-18(15)22-19(28)10-16(11-20(22)29)14(2)13-30-21-9-8-17(12-27-21)23(24,25)26/h4-9,12,14,16,28H,3,10-11,13H2,1-2H3. The van der Waals surface area contributed by atoms with Gasteiger partial charge >= 0.3 is 6.18 Å². The van der Waals surface area contributed by atoms with Crippen LogP contribution in [0.15, 0.2) is 53.4 Å². The van der Waals surface area contributed by atoms with E-state index in [0.29, 0.717) is 29.2 Å². The summed E-state index contributed by atoms with van der Waals surface area (Å²) in [7, 11) is 0. The van der Waals surface area contributed by atoms with Gasteiger partial charge in [0.05, 0.1) is 16.2 Å². The Morgan fingerprint density at radius 3 is 2.53 bits per heavy atom. The number of allylic oxidation sites excluding steroid dienone is 2. The molecule has 3 nitrogen and oxygen atoms in total. The van der Waals surface area contributed by atoms with Gasteiger partial charge in [-0.2, -0.15) is 13.2 Å². The fourth-order valence-corrected chi connectivity index (χ4v) is 4.69. The number of aliphatic hydroxyl groups excluding tert-OH is 1. The molecule has 30 heavy (non-hydrogen) atoms. The molecule has 2 unspecified atom stereocenters. The van der Waals surface area contributed by atoms with Gasteiger partial charge in [0.25, 0.3) is 0 Å². The average molecular weight is 436 g/mol. The van der Waals surface area contributed by atoms with E-state index in [1.165, 1.54) is 17.8 Å². The summed E-state index contributed by atoms with van der Waals surface area (Å²) < 4.78 is 37.9. The fourth-order valence-electron chi connectivity index (χ4n) is 3.69. The summed E-state index contributed by atoms with van der Waals surface area (Å²) in [5.74, 6) is 0.741. The molecular weight excluding hydrogens is 411 g/mol. The Balaban J connectivity index is 1.67. The monoisotopic (exact) mass is 435 g/mol. The van der Waals surface area contributed by atoms with Gasteiger partial charge in [-0.05, 0) is 41.5 Å². The second-order valence-corrected chi connectivity index (χ2v) is 8.64. The van der Waals surface area contributed by atoms with Crippen molar-refractivity contribution in [1.29, 1.82) is 0 Å². The van der Waals surface area contributed by atoms with Gasteiger partial charge in [-0.1, -0.05) is 38.1 Å². The van der Waals surface area contributed by atoms with Crippen molar-refractivity contribution in [2.24, 2.45) is 11.8 Å². The molecule has 1 aliphatic rings.